The van der Waals surface area contributed by atoms with E-state index in [0.717, 1.165) is 11.3 Å². The van der Waals surface area contributed by atoms with Crippen LogP contribution in [0.25, 0.3) is 0 Å². The summed E-state index contributed by atoms with van der Waals surface area (Å²) >= 11 is 1.08. The summed E-state index contributed by atoms with van der Waals surface area (Å²) in [5.74, 6) is -0.637. The van der Waals surface area contributed by atoms with Gasteiger partial charge in [0.15, 0.2) is 16.6 Å². The number of aromatic nitrogens is 1. The smallest absolute Gasteiger partial charge is 0.358 e. The number of sulfone groups is 1. The van der Waals surface area contributed by atoms with Gasteiger partial charge in [0.25, 0.3) is 0 Å². The van der Waals surface area contributed by atoms with Gasteiger partial charge in [-0.15, -0.1) is 0 Å². The molecule has 0 aromatic carbocycles. The van der Waals surface area contributed by atoms with Crippen molar-refractivity contribution in [2.24, 2.45) is 0 Å². The van der Waals surface area contributed by atoms with Crippen molar-refractivity contribution in [3.8, 4) is 0 Å². The van der Waals surface area contributed by atoms with Crippen LogP contribution in [0.4, 0.5) is 5.13 Å². The largest absolute Gasteiger partial charge is 0.464 e. The third-order valence-corrected chi connectivity index (χ3v) is 6.01. The molecule has 116 valence electrons. The molecule has 0 radical (unpaired) electrons. The van der Waals surface area contributed by atoms with E-state index < -0.39 is 15.8 Å². The fourth-order valence-corrected chi connectivity index (χ4v) is 4.48. The molecule has 1 saturated heterocycles. The highest BCUT2D eigenvalue weighted by atomic mass is 32.2. The Hall–Kier alpha value is -1.48. The maximum atomic E-state index is 11.6. The molecular formula is C12H16N2O5S2. The Kier molecular flexibility index (Phi) is 4.62. The Labute approximate surface area is 126 Å². The fraction of sp³-hybridized carbons (Fsp3) is 0.583. The molecule has 9 heteroatoms. The summed E-state index contributed by atoms with van der Waals surface area (Å²) in [4.78, 5) is 27.5. The van der Waals surface area contributed by atoms with Crippen molar-refractivity contribution < 1.29 is 22.7 Å². The predicted octanol–water partition coefficient (Wildman–Crippen LogP) is 1.12. The van der Waals surface area contributed by atoms with Crippen molar-refractivity contribution >= 4 is 38.1 Å². The minimum absolute atomic E-state index is 0.000862. The van der Waals surface area contributed by atoms with Gasteiger partial charge in [-0.3, -0.25) is 4.79 Å². The minimum Gasteiger partial charge on any atom is -0.464 e. The lowest BCUT2D eigenvalue weighted by molar-refractivity contribution is 0.0591. The summed E-state index contributed by atoms with van der Waals surface area (Å²) in [6, 6.07) is -0.0232. The van der Waals surface area contributed by atoms with Gasteiger partial charge in [-0.05, 0) is 12.8 Å². The number of hydrogen-bond donors (Lipinski definition) is 1. The molecule has 1 fully saturated rings. The van der Waals surface area contributed by atoms with Crippen LogP contribution in [0.15, 0.2) is 0 Å². The van der Waals surface area contributed by atoms with Crippen LogP contribution in [-0.2, 0) is 14.6 Å². The lowest BCUT2D eigenvalue weighted by Gasteiger charge is -2.22. The van der Waals surface area contributed by atoms with Crippen LogP contribution in [0.5, 0.6) is 0 Å². The zero-order chi connectivity index (χ0) is 15.6. The summed E-state index contributed by atoms with van der Waals surface area (Å²) < 4.78 is 27.4. The first-order chi connectivity index (χ1) is 9.82. The first kappa shape index (κ1) is 15.9. The zero-order valence-corrected chi connectivity index (χ0v) is 13.3. The van der Waals surface area contributed by atoms with Crippen molar-refractivity contribution in [2.75, 3.05) is 23.9 Å². The van der Waals surface area contributed by atoms with Crippen LogP contribution in [-0.4, -0.2) is 49.8 Å². The van der Waals surface area contributed by atoms with E-state index in [9.17, 15) is 18.0 Å². The Balaban J connectivity index is 2.14. The van der Waals surface area contributed by atoms with E-state index in [1.807, 2.05) is 0 Å². The summed E-state index contributed by atoms with van der Waals surface area (Å²) in [7, 11) is -1.70. The molecule has 1 aromatic heterocycles. The SMILES string of the molecule is COC(=O)c1nc(NC2CCS(=O)(=O)CC2)sc1C(C)=O. The number of Topliss-reactive ketones (excluding diaryl/α,β-unsaturated/α-hetero) is 1. The van der Waals surface area contributed by atoms with Crippen LogP contribution in [0.2, 0.25) is 0 Å². The van der Waals surface area contributed by atoms with Gasteiger partial charge in [-0.1, -0.05) is 11.3 Å². The zero-order valence-electron chi connectivity index (χ0n) is 11.7. The second kappa shape index (κ2) is 6.10. The highest BCUT2D eigenvalue weighted by Crippen LogP contribution is 2.26. The molecule has 7 nitrogen and oxygen atoms in total. The molecule has 0 saturated carbocycles. The number of rotatable bonds is 4. The van der Waals surface area contributed by atoms with E-state index in [4.69, 9.17) is 0 Å². The van der Waals surface area contributed by atoms with Crippen molar-refractivity contribution in [3.05, 3.63) is 10.6 Å². The van der Waals surface area contributed by atoms with Crippen LogP contribution in [0.1, 0.15) is 39.9 Å². The third-order valence-electron chi connectivity index (χ3n) is 3.21. The average Bonchev–Trinajstić information content (AvgIpc) is 2.84. The van der Waals surface area contributed by atoms with Gasteiger partial charge in [-0.2, -0.15) is 0 Å². The van der Waals surface area contributed by atoms with Gasteiger partial charge in [0, 0.05) is 13.0 Å². The molecule has 2 rings (SSSR count). The number of ether oxygens (including phenoxy) is 1. The number of nitrogens with one attached hydrogen (secondary N) is 1. The van der Waals surface area contributed by atoms with Crippen molar-refractivity contribution in [2.45, 2.75) is 25.8 Å². The van der Waals surface area contributed by atoms with Crippen molar-refractivity contribution in [3.63, 3.8) is 0 Å². The van der Waals surface area contributed by atoms with Crippen LogP contribution in [0.3, 0.4) is 0 Å². The van der Waals surface area contributed by atoms with Crippen LogP contribution in [0, 0.1) is 0 Å². The van der Waals surface area contributed by atoms with Gasteiger partial charge in [-0.25, -0.2) is 18.2 Å². The number of ketones is 1. The molecule has 0 aliphatic carbocycles. The lowest BCUT2D eigenvalue weighted by Crippen LogP contribution is -2.32. The fourth-order valence-electron chi connectivity index (χ4n) is 2.06. The van der Waals surface area contributed by atoms with Gasteiger partial charge < -0.3 is 10.1 Å². The summed E-state index contributed by atoms with van der Waals surface area (Å²) in [6.07, 6.45) is 0.982. The number of anilines is 1. The van der Waals surface area contributed by atoms with Crippen LogP contribution >= 0.6 is 11.3 Å². The lowest BCUT2D eigenvalue weighted by atomic mass is 10.2. The van der Waals surface area contributed by atoms with Gasteiger partial charge in [0.2, 0.25) is 0 Å². The Morgan fingerprint density at radius 3 is 2.48 bits per heavy atom. The molecule has 2 heterocycles. The Morgan fingerprint density at radius 2 is 1.95 bits per heavy atom. The van der Waals surface area contributed by atoms with Crippen molar-refractivity contribution in [1.29, 1.82) is 0 Å². The number of hydrogen-bond acceptors (Lipinski definition) is 8. The topological polar surface area (TPSA) is 102 Å². The number of esters is 1. The molecule has 0 bridgehead atoms. The van der Waals surface area contributed by atoms with Crippen LogP contribution < -0.4 is 5.32 Å². The molecule has 21 heavy (non-hydrogen) atoms. The predicted molar refractivity (Wildman–Crippen MR) is 78.8 cm³/mol. The van der Waals surface area contributed by atoms with Gasteiger partial charge >= 0.3 is 5.97 Å². The van der Waals surface area contributed by atoms with Crippen molar-refractivity contribution in [1.82, 2.24) is 4.98 Å². The number of thiazole rings is 1. The quantitative estimate of drug-likeness (QED) is 0.651. The average molecular weight is 332 g/mol. The number of nitrogens with zero attached hydrogens (tertiary/aromatic N) is 1. The molecule has 0 amide bonds. The highest BCUT2D eigenvalue weighted by molar-refractivity contribution is 7.91. The molecular weight excluding hydrogens is 316 g/mol. The maximum absolute atomic E-state index is 11.6. The van der Waals surface area contributed by atoms with E-state index in [1.165, 1.54) is 14.0 Å². The third kappa shape index (κ3) is 3.79. The Bertz CT molecular complexity index is 651. The summed E-state index contributed by atoms with van der Waals surface area (Å²) in [5, 5.41) is 3.53. The molecule has 0 spiro atoms. The molecule has 0 unspecified atom stereocenters. The second-order valence-corrected chi connectivity index (χ2v) is 8.12. The number of carbonyl (C=O) groups excluding carboxylic acids is 2. The summed E-state index contributed by atoms with van der Waals surface area (Å²) in [5.41, 5.74) is 0.000862. The second-order valence-electron chi connectivity index (χ2n) is 4.81. The van der Waals surface area contributed by atoms with E-state index in [1.54, 1.807) is 0 Å². The number of carbonyl (C=O) groups is 2. The van der Waals surface area contributed by atoms with E-state index in [0.29, 0.717) is 18.0 Å². The molecule has 1 aliphatic heterocycles. The summed E-state index contributed by atoms with van der Waals surface area (Å²) in [6.45, 7) is 1.36. The normalized spacial score (nSPS) is 18.2. The van der Waals surface area contributed by atoms with E-state index in [-0.39, 0.29) is 33.9 Å². The first-order valence-corrected chi connectivity index (χ1v) is 9.03. The Morgan fingerprint density at radius 1 is 1.33 bits per heavy atom. The standard InChI is InChI=1S/C12H16N2O5S2/c1-7(15)10-9(11(16)19-2)14-12(20-10)13-8-3-5-21(17,18)6-4-8/h8H,3-6H2,1-2H3,(H,13,14). The van der Waals surface area contributed by atoms with Gasteiger partial charge in [0.05, 0.1) is 18.6 Å². The van der Waals surface area contributed by atoms with E-state index >= 15 is 0 Å². The maximum Gasteiger partial charge on any atom is 0.358 e. The molecule has 1 N–H and O–H groups in total. The molecule has 0 atom stereocenters. The molecule has 1 aromatic rings. The molecule has 1 aliphatic rings. The van der Waals surface area contributed by atoms with Gasteiger partial charge in [0.1, 0.15) is 14.7 Å². The number of methoxy groups -OCH3 is 1. The monoisotopic (exact) mass is 332 g/mol. The minimum atomic E-state index is -2.93. The first-order valence-electron chi connectivity index (χ1n) is 6.39. The van der Waals surface area contributed by atoms with E-state index in [2.05, 4.69) is 15.0 Å². The highest BCUT2D eigenvalue weighted by Gasteiger charge is 2.26.